The number of allylic oxidation sites excluding steroid dienone is 1. The molecule has 0 spiro atoms. The van der Waals surface area contributed by atoms with Gasteiger partial charge in [-0.3, -0.25) is 4.98 Å². The van der Waals surface area contributed by atoms with Gasteiger partial charge in [0.15, 0.2) is 0 Å². The molecule has 0 saturated carbocycles. The minimum absolute atomic E-state index is 0.409. The molecule has 2 rings (SSSR count). The first-order valence-electron chi connectivity index (χ1n) is 7.13. The van der Waals surface area contributed by atoms with Gasteiger partial charge in [-0.15, -0.1) is 0 Å². The van der Waals surface area contributed by atoms with Crippen molar-refractivity contribution in [3.63, 3.8) is 0 Å². The third-order valence-corrected chi connectivity index (χ3v) is 2.83. The van der Waals surface area contributed by atoms with Crippen LogP contribution in [0.3, 0.4) is 0 Å². The van der Waals surface area contributed by atoms with E-state index in [2.05, 4.69) is 29.1 Å². The average molecular weight is 283 g/mol. The number of hydrogen-bond donors (Lipinski definition) is 1. The lowest BCUT2D eigenvalue weighted by atomic mass is 10.2. The summed E-state index contributed by atoms with van der Waals surface area (Å²) in [7, 11) is 0. The Morgan fingerprint density at radius 1 is 1.24 bits per heavy atom. The third kappa shape index (κ3) is 4.68. The third-order valence-electron chi connectivity index (χ3n) is 2.83. The van der Waals surface area contributed by atoms with Gasteiger partial charge in [-0.2, -0.15) is 0 Å². The molecular formula is C17H21N3O. The molecule has 0 fully saturated rings. The second-order valence-corrected chi connectivity index (χ2v) is 5.02. The van der Waals surface area contributed by atoms with Crippen molar-refractivity contribution in [3.8, 4) is 11.6 Å². The van der Waals surface area contributed by atoms with E-state index in [1.54, 1.807) is 12.4 Å². The van der Waals surface area contributed by atoms with Crippen LogP contribution in [0.4, 0.5) is 0 Å². The van der Waals surface area contributed by atoms with Gasteiger partial charge in [0.2, 0.25) is 5.88 Å². The van der Waals surface area contributed by atoms with Gasteiger partial charge in [0, 0.05) is 24.3 Å². The summed E-state index contributed by atoms with van der Waals surface area (Å²) in [6, 6.07) is 8.27. The van der Waals surface area contributed by atoms with Crippen LogP contribution in [-0.2, 0) is 6.54 Å². The number of rotatable bonds is 6. The Hall–Kier alpha value is -2.20. The number of nitrogens with one attached hydrogen (secondary N) is 1. The summed E-state index contributed by atoms with van der Waals surface area (Å²) in [6.07, 6.45) is 7.37. The van der Waals surface area contributed by atoms with Crippen LogP contribution < -0.4 is 10.1 Å². The second-order valence-electron chi connectivity index (χ2n) is 5.02. The molecule has 1 aromatic carbocycles. The number of hydrogen-bond acceptors (Lipinski definition) is 4. The SMILES string of the molecule is CC=Cc1ccccc1Oc1cncc(CNC(C)C)n1. The summed E-state index contributed by atoms with van der Waals surface area (Å²) in [6.45, 7) is 6.86. The van der Waals surface area contributed by atoms with Gasteiger partial charge in [0.1, 0.15) is 5.75 Å². The van der Waals surface area contributed by atoms with E-state index in [1.165, 1.54) is 0 Å². The van der Waals surface area contributed by atoms with E-state index in [0.29, 0.717) is 18.5 Å². The molecule has 21 heavy (non-hydrogen) atoms. The van der Waals surface area contributed by atoms with Crippen molar-refractivity contribution < 1.29 is 4.74 Å². The van der Waals surface area contributed by atoms with Crippen molar-refractivity contribution in [1.82, 2.24) is 15.3 Å². The van der Waals surface area contributed by atoms with Gasteiger partial charge in [-0.25, -0.2) is 4.98 Å². The molecule has 1 heterocycles. The fourth-order valence-electron chi connectivity index (χ4n) is 1.83. The summed E-state index contributed by atoms with van der Waals surface area (Å²) < 4.78 is 5.86. The zero-order valence-corrected chi connectivity index (χ0v) is 12.7. The maximum absolute atomic E-state index is 5.86. The first-order chi connectivity index (χ1) is 10.2. The topological polar surface area (TPSA) is 47.0 Å². The van der Waals surface area contributed by atoms with Gasteiger partial charge in [0.05, 0.1) is 11.9 Å². The minimum atomic E-state index is 0.409. The number of ether oxygens (including phenoxy) is 1. The van der Waals surface area contributed by atoms with E-state index in [1.807, 2.05) is 43.3 Å². The number of benzene rings is 1. The summed E-state index contributed by atoms with van der Waals surface area (Å²) >= 11 is 0. The maximum Gasteiger partial charge on any atom is 0.238 e. The van der Waals surface area contributed by atoms with Crippen molar-refractivity contribution in [3.05, 3.63) is 54.0 Å². The van der Waals surface area contributed by atoms with Crippen LogP contribution in [0.5, 0.6) is 11.6 Å². The molecule has 0 amide bonds. The molecule has 4 heteroatoms. The van der Waals surface area contributed by atoms with E-state index in [0.717, 1.165) is 17.0 Å². The molecule has 0 aliphatic carbocycles. The lowest BCUT2D eigenvalue weighted by Crippen LogP contribution is -2.22. The van der Waals surface area contributed by atoms with Crippen LogP contribution in [0.1, 0.15) is 32.0 Å². The summed E-state index contributed by atoms with van der Waals surface area (Å²) in [4.78, 5) is 8.66. The summed E-state index contributed by atoms with van der Waals surface area (Å²) in [5.41, 5.74) is 1.89. The fraction of sp³-hybridized carbons (Fsp3) is 0.294. The molecule has 0 aliphatic rings. The van der Waals surface area contributed by atoms with E-state index in [-0.39, 0.29) is 0 Å². The number of aromatic nitrogens is 2. The van der Waals surface area contributed by atoms with Crippen molar-refractivity contribution in [2.24, 2.45) is 0 Å². The van der Waals surface area contributed by atoms with Crippen molar-refractivity contribution in [2.75, 3.05) is 0 Å². The zero-order chi connectivity index (χ0) is 15.1. The molecule has 0 unspecified atom stereocenters. The molecule has 0 aliphatic heterocycles. The minimum Gasteiger partial charge on any atom is -0.437 e. The van der Waals surface area contributed by atoms with Crippen molar-refractivity contribution >= 4 is 6.08 Å². The zero-order valence-electron chi connectivity index (χ0n) is 12.7. The van der Waals surface area contributed by atoms with Crippen LogP contribution in [0, 0.1) is 0 Å². The number of nitrogens with zero attached hydrogens (tertiary/aromatic N) is 2. The predicted octanol–water partition coefficient (Wildman–Crippen LogP) is 3.80. The van der Waals surface area contributed by atoms with Gasteiger partial charge in [-0.1, -0.05) is 44.2 Å². The van der Waals surface area contributed by atoms with Gasteiger partial charge >= 0.3 is 0 Å². The quantitative estimate of drug-likeness (QED) is 0.876. The van der Waals surface area contributed by atoms with Crippen LogP contribution in [0.25, 0.3) is 6.08 Å². The van der Waals surface area contributed by atoms with E-state index < -0.39 is 0 Å². The monoisotopic (exact) mass is 283 g/mol. The van der Waals surface area contributed by atoms with Crippen LogP contribution in [-0.4, -0.2) is 16.0 Å². The van der Waals surface area contributed by atoms with Gasteiger partial charge < -0.3 is 10.1 Å². The fourth-order valence-corrected chi connectivity index (χ4v) is 1.83. The Balaban J connectivity index is 2.14. The highest BCUT2D eigenvalue weighted by Gasteiger charge is 2.05. The number of para-hydroxylation sites is 1. The summed E-state index contributed by atoms with van der Waals surface area (Å²) in [5, 5.41) is 3.32. The lowest BCUT2D eigenvalue weighted by Gasteiger charge is -2.10. The van der Waals surface area contributed by atoms with Crippen LogP contribution in [0.15, 0.2) is 42.7 Å². The normalized spacial score (nSPS) is 11.2. The Kier molecular flexibility index (Phi) is 5.46. The molecule has 0 radical (unpaired) electrons. The first-order valence-corrected chi connectivity index (χ1v) is 7.13. The lowest BCUT2D eigenvalue weighted by molar-refractivity contribution is 0.454. The van der Waals surface area contributed by atoms with E-state index in [9.17, 15) is 0 Å². The highest BCUT2D eigenvalue weighted by Crippen LogP contribution is 2.24. The Morgan fingerprint density at radius 2 is 2.05 bits per heavy atom. The largest absolute Gasteiger partial charge is 0.437 e. The molecule has 0 saturated heterocycles. The highest BCUT2D eigenvalue weighted by molar-refractivity contribution is 5.57. The molecule has 1 N–H and O–H groups in total. The van der Waals surface area contributed by atoms with Crippen LogP contribution in [0.2, 0.25) is 0 Å². The predicted molar refractivity (Wildman–Crippen MR) is 85.2 cm³/mol. The van der Waals surface area contributed by atoms with Gasteiger partial charge in [0.25, 0.3) is 0 Å². The Morgan fingerprint density at radius 3 is 2.81 bits per heavy atom. The molecular weight excluding hydrogens is 262 g/mol. The van der Waals surface area contributed by atoms with E-state index in [4.69, 9.17) is 4.74 Å². The summed E-state index contributed by atoms with van der Waals surface area (Å²) in [5.74, 6) is 1.29. The smallest absolute Gasteiger partial charge is 0.238 e. The molecule has 0 atom stereocenters. The molecule has 4 nitrogen and oxygen atoms in total. The Labute approximate surface area is 125 Å². The molecule has 110 valence electrons. The Bertz CT molecular complexity index is 608. The molecule has 0 bridgehead atoms. The second kappa shape index (κ2) is 7.55. The van der Waals surface area contributed by atoms with Crippen LogP contribution >= 0.6 is 0 Å². The molecule has 1 aromatic heterocycles. The molecule has 2 aromatic rings. The average Bonchev–Trinajstić information content (AvgIpc) is 2.48. The van der Waals surface area contributed by atoms with E-state index >= 15 is 0 Å². The first kappa shape index (κ1) is 15.2. The van der Waals surface area contributed by atoms with Crippen molar-refractivity contribution in [1.29, 1.82) is 0 Å². The standard InChI is InChI=1S/C17H21N3O/c1-4-7-14-8-5-6-9-16(14)21-17-12-18-10-15(20-17)11-19-13(2)3/h4-10,12-13,19H,11H2,1-3H3. The maximum atomic E-state index is 5.86. The highest BCUT2D eigenvalue weighted by atomic mass is 16.5. The van der Waals surface area contributed by atoms with Crippen molar-refractivity contribution in [2.45, 2.75) is 33.4 Å². The van der Waals surface area contributed by atoms with Gasteiger partial charge in [-0.05, 0) is 13.0 Å².